The zero-order valence-electron chi connectivity index (χ0n) is 13.5. The van der Waals surface area contributed by atoms with E-state index in [1.54, 1.807) is 18.2 Å². The highest BCUT2D eigenvalue weighted by molar-refractivity contribution is 9.10. The van der Waals surface area contributed by atoms with Crippen LogP contribution in [-0.2, 0) is 16.0 Å². The molecule has 0 saturated heterocycles. The molecule has 0 saturated carbocycles. The molecular formula is C18H17BrN2O4. The van der Waals surface area contributed by atoms with Gasteiger partial charge < -0.3 is 15.8 Å². The highest BCUT2D eigenvalue weighted by Gasteiger charge is 2.20. The summed E-state index contributed by atoms with van der Waals surface area (Å²) >= 11 is 3.36. The molecule has 0 aliphatic carbocycles. The van der Waals surface area contributed by atoms with E-state index in [0.29, 0.717) is 0 Å². The summed E-state index contributed by atoms with van der Waals surface area (Å²) in [6.07, 6.45) is 0.268. The fourth-order valence-corrected chi connectivity index (χ4v) is 2.68. The lowest BCUT2D eigenvalue weighted by atomic mass is 10.0. The minimum absolute atomic E-state index is 0.253. The van der Waals surface area contributed by atoms with Crippen molar-refractivity contribution in [1.29, 1.82) is 0 Å². The summed E-state index contributed by atoms with van der Waals surface area (Å²) in [7, 11) is 0. The van der Waals surface area contributed by atoms with Gasteiger partial charge in [0.2, 0.25) is 5.91 Å². The maximum Gasteiger partial charge on any atom is 0.308 e. The molecule has 2 rings (SSSR count). The first-order chi connectivity index (χ1) is 11.8. The van der Waals surface area contributed by atoms with Gasteiger partial charge in [0.05, 0.1) is 0 Å². The van der Waals surface area contributed by atoms with Crippen LogP contribution in [0.3, 0.4) is 0 Å². The van der Waals surface area contributed by atoms with Crippen LogP contribution in [0.4, 0.5) is 0 Å². The number of hydrogen-bond donors (Lipinski definition) is 2. The predicted octanol–water partition coefficient (Wildman–Crippen LogP) is 2.20. The fourth-order valence-electron chi connectivity index (χ4n) is 2.23. The van der Waals surface area contributed by atoms with Crippen molar-refractivity contribution in [2.24, 2.45) is 5.73 Å². The molecule has 0 aliphatic rings. The Hall–Kier alpha value is -2.67. The maximum absolute atomic E-state index is 12.4. The van der Waals surface area contributed by atoms with Crippen molar-refractivity contribution < 1.29 is 19.1 Å². The molecule has 6 nitrogen and oxygen atoms in total. The van der Waals surface area contributed by atoms with Gasteiger partial charge in [-0.25, -0.2) is 0 Å². The lowest BCUT2D eigenvalue weighted by Gasteiger charge is -2.16. The van der Waals surface area contributed by atoms with E-state index in [0.717, 1.165) is 10.0 Å². The van der Waals surface area contributed by atoms with Crippen LogP contribution in [-0.4, -0.2) is 23.8 Å². The minimum Gasteiger partial charge on any atom is -0.427 e. The second-order valence-corrected chi connectivity index (χ2v) is 6.30. The second kappa shape index (κ2) is 8.43. The molecule has 2 amide bonds. The van der Waals surface area contributed by atoms with E-state index in [4.69, 9.17) is 10.5 Å². The molecule has 0 fully saturated rings. The number of hydrogen-bond acceptors (Lipinski definition) is 4. The van der Waals surface area contributed by atoms with Crippen molar-refractivity contribution in [3.8, 4) is 5.75 Å². The Kier molecular flexibility index (Phi) is 6.30. The van der Waals surface area contributed by atoms with Crippen molar-refractivity contribution >= 4 is 33.7 Å². The third-order valence-corrected chi connectivity index (χ3v) is 3.83. The monoisotopic (exact) mass is 404 g/mol. The number of nitrogens with two attached hydrogens (primary N) is 1. The molecule has 0 bridgehead atoms. The van der Waals surface area contributed by atoms with E-state index in [-0.39, 0.29) is 17.7 Å². The summed E-state index contributed by atoms with van der Waals surface area (Å²) in [6.45, 7) is 1.27. The van der Waals surface area contributed by atoms with Crippen LogP contribution in [0.25, 0.3) is 0 Å². The van der Waals surface area contributed by atoms with Crippen molar-refractivity contribution in [3.05, 3.63) is 64.1 Å². The van der Waals surface area contributed by atoms with Crippen molar-refractivity contribution in [1.82, 2.24) is 5.32 Å². The maximum atomic E-state index is 12.4. The zero-order chi connectivity index (χ0) is 18.4. The average molecular weight is 405 g/mol. The number of benzene rings is 2. The van der Waals surface area contributed by atoms with Crippen LogP contribution in [0.15, 0.2) is 53.0 Å². The molecule has 2 aromatic rings. The van der Waals surface area contributed by atoms with E-state index in [1.807, 2.05) is 24.3 Å². The molecule has 2 aromatic carbocycles. The number of carbonyl (C=O) groups is 3. The molecule has 0 unspecified atom stereocenters. The summed E-state index contributed by atoms with van der Waals surface area (Å²) in [4.78, 5) is 35.1. The highest BCUT2D eigenvalue weighted by Crippen LogP contribution is 2.15. The molecule has 130 valence electrons. The predicted molar refractivity (Wildman–Crippen MR) is 96.0 cm³/mol. The lowest BCUT2D eigenvalue weighted by Crippen LogP contribution is -2.45. The normalized spacial score (nSPS) is 11.4. The van der Waals surface area contributed by atoms with Crippen LogP contribution in [0, 0.1) is 0 Å². The molecule has 0 heterocycles. The molecule has 0 aliphatic heterocycles. The van der Waals surface area contributed by atoms with Gasteiger partial charge in [-0.15, -0.1) is 0 Å². The molecular weight excluding hydrogens is 388 g/mol. The molecule has 25 heavy (non-hydrogen) atoms. The van der Waals surface area contributed by atoms with Crippen LogP contribution in [0.5, 0.6) is 5.75 Å². The number of halogens is 1. The van der Waals surface area contributed by atoms with Gasteiger partial charge in [-0.1, -0.05) is 34.1 Å². The third kappa shape index (κ3) is 5.72. The number of amides is 2. The summed E-state index contributed by atoms with van der Waals surface area (Å²) < 4.78 is 5.82. The van der Waals surface area contributed by atoms with Gasteiger partial charge in [0.1, 0.15) is 11.8 Å². The van der Waals surface area contributed by atoms with E-state index < -0.39 is 23.8 Å². The van der Waals surface area contributed by atoms with E-state index in [9.17, 15) is 14.4 Å². The van der Waals surface area contributed by atoms with E-state index in [1.165, 1.54) is 13.0 Å². The molecule has 0 radical (unpaired) electrons. The van der Waals surface area contributed by atoms with Crippen LogP contribution in [0.1, 0.15) is 22.8 Å². The van der Waals surface area contributed by atoms with Crippen molar-refractivity contribution in [3.63, 3.8) is 0 Å². The minimum atomic E-state index is -0.862. The molecule has 3 N–H and O–H groups in total. The van der Waals surface area contributed by atoms with Crippen LogP contribution >= 0.6 is 15.9 Å². The second-order valence-electron chi connectivity index (χ2n) is 5.38. The van der Waals surface area contributed by atoms with Gasteiger partial charge in [0.15, 0.2) is 0 Å². The summed E-state index contributed by atoms with van der Waals surface area (Å²) in [5.74, 6) is -1.35. The summed E-state index contributed by atoms with van der Waals surface area (Å²) in [5.41, 5.74) is 6.53. The van der Waals surface area contributed by atoms with Gasteiger partial charge in [0.25, 0.3) is 5.91 Å². The summed E-state index contributed by atoms with van der Waals surface area (Å²) in [6, 6.07) is 12.7. The van der Waals surface area contributed by atoms with Gasteiger partial charge in [-0.2, -0.15) is 0 Å². The number of ether oxygens (including phenoxy) is 1. The SMILES string of the molecule is CC(=O)Oc1cccc(C(=O)N[C@H](Cc2cccc(Br)c2)C(N)=O)c1. The van der Waals surface area contributed by atoms with Gasteiger partial charge in [-0.3, -0.25) is 14.4 Å². The Labute approximate surface area is 153 Å². The molecule has 0 aromatic heterocycles. The highest BCUT2D eigenvalue weighted by atomic mass is 79.9. The van der Waals surface area contributed by atoms with Gasteiger partial charge in [-0.05, 0) is 35.9 Å². The Morgan fingerprint density at radius 2 is 1.88 bits per heavy atom. The van der Waals surface area contributed by atoms with E-state index in [2.05, 4.69) is 21.2 Å². The average Bonchev–Trinajstić information content (AvgIpc) is 2.53. The van der Waals surface area contributed by atoms with Gasteiger partial charge >= 0.3 is 5.97 Å². The molecule has 1 atom stereocenters. The van der Waals surface area contributed by atoms with Crippen LogP contribution in [0.2, 0.25) is 0 Å². The number of primary amides is 1. The number of esters is 1. The first kappa shape index (κ1) is 18.7. The molecule has 0 spiro atoms. The Bertz CT molecular complexity index is 807. The number of nitrogens with one attached hydrogen (secondary N) is 1. The van der Waals surface area contributed by atoms with Crippen molar-refractivity contribution in [2.75, 3.05) is 0 Å². The first-order valence-electron chi connectivity index (χ1n) is 7.48. The Balaban J connectivity index is 2.12. The number of carbonyl (C=O) groups excluding carboxylic acids is 3. The number of rotatable bonds is 6. The van der Waals surface area contributed by atoms with Crippen molar-refractivity contribution in [2.45, 2.75) is 19.4 Å². The standard InChI is InChI=1S/C18H17BrN2O4/c1-11(22)25-15-7-3-5-13(10-15)18(24)21-16(17(20)23)9-12-4-2-6-14(19)8-12/h2-8,10,16H,9H2,1H3,(H2,20,23)(H,21,24)/t16-/m1/s1. The Morgan fingerprint density at radius 1 is 1.16 bits per heavy atom. The van der Waals surface area contributed by atoms with Gasteiger partial charge in [0, 0.05) is 23.4 Å². The summed E-state index contributed by atoms with van der Waals surface area (Å²) in [5, 5.41) is 2.61. The molecule has 7 heteroatoms. The van der Waals surface area contributed by atoms with Crippen LogP contribution < -0.4 is 15.8 Å². The topological polar surface area (TPSA) is 98.5 Å². The Morgan fingerprint density at radius 3 is 2.52 bits per heavy atom. The lowest BCUT2D eigenvalue weighted by molar-refractivity contribution is -0.131. The zero-order valence-corrected chi connectivity index (χ0v) is 15.1. The first-order valence-corrected chi connectivity index (χ1v) is 8.27. The third-order valence-electron chi connectivity index (χ3n) is 3.34. The van der Waals surface area contributed by atoms with E-state index >= 15 is 0 Å². The largest absolute Gasteiger partial charge is 0.427 e. The fraction of sp³-hybridized carbons (Fsp3) is 0.167. The smallest absolute Gasteiger partial charge is 0.308 e. The quantitative estimate of drug-likeness (QED) is 0.569.